The van der Waals surface area contributed by atoms with Crippen molar-refractivity contribution in [2.45, 2.75) is 13.8 Å². The van der Waals surface area contributed by atoms with Crippen LogP contribution in [-0.2, 0) is 0 Å². The van der Waals surface area contributed by atoms with Crippen molar-refractivity contribution in [2.24, 2.45) is 0 Å². The molecule has 1 aromatic heterocycles. The zero-order chi connectivity index (χ0) is 8.69. The maximum Gasteiger partial charge on any atom is 0.152 e. The van der Waals surface area contributed by atoms with Crippen LogP contribution in [0.4, 0.5) is 5.69 Å². The van der Waals surface area contributed by atoms with Crippen molar-refractivity contribution in [3.05, 3.63) is 24.0 Å². The Hall–Kier alpha value is -1.38. The molecule has 3 heteroatoms. The lowest BCUT2D eigenvalue weighted by Crippen LogP contribution is -1.92. The van der Waals surface area contributed by atoms with Gasteiger partial charge in [0.05, 0.1) is 11.9 Å². The molecule has 0 amide bonds. The smallest absolute Gasteiger partial charge is 0.152 e. The number of aldehydes is 1. The molecule has 0 spiro atoms. The fourth-order valence-electron chi connectivity index (χ4n) is 0.525. The molecule has 1 aromatic rings. The average Bonchev–Trinajstić information content (AvgIpc) is 2.09. The molecule has 0 aliphatic carbocycles. The van der Waals surface area contributed by atoms with Gasteiger partial charge in [0.25, 0.3) is 0 Å². The van der Waals surface area contributed by atoms with E-state index >= 15 is 0 Å². The quantitative estimate of drug-likeness (QED) is 0.620. The van der Waals surface area contributed by atoms with Crippen LogP contribution in [0.1, 0.15) is 24.2 Å². The molecular weight excluding hydrogens is 140 g/mol. The Morgan fingerprint density at radius 3 is 2.55 bits per heavy atom. The maximum absolute atomic E-state index is 10.1. The Morgan fingerprint density at radius 2 is 2.18 bits per heavy atom. The third-order valence-corrected chi connectivity index (χ3v) is 1.01. The molecule has 0 aliphatic heterocycles. The molecular formula is C8H12N2O. The van der Waals surface area contributed by atoms with Crippen molar-refractivity contribution in [1.29, 1.82) is 0 Å². The molecule has 0 saturated carbocycles. The first-order valence-corrected chi connectivity index (χ1v) is 3.49. The van der Waals surface area contributed by atoms with Gasteiger partial charge in [-0.2, -0.15) is 0 Å². The van der Waals surface area contributed by atoms with Gasteiger partial charge < -0.3 is 5.73 Å². The second-order valence-electron chi connectivity index (χ2n) is 1.62. The Balaban J connectivity index is 0.000000461. The summed E-state index contributed by atoms with van der Waals surface area (Å²) < 4.78 is 0. The predicted octanol–water partition coefficient (Wildman–Crippen LogP) is 1.50. The molecule has 0 saturated heterocycles. The number of anilines is 1. The largest absolute Gasteiger partial charge is 0.397 e. The summed E-state index contributed by atoms with van der Waals surface area (Å²) >= 11 is 0. The molecule has 3 nitrogen and oxygen atoms in total. The third kappa shape index (κ3) is 2.80. The molecule has 11 heavy (non-hydrogen) atoms. The van der Waals surface area contributed by atoms with Crippen molar-refractivity contribution < 1.29 is 4.79 Å². The third-order valence-electron chi connectivity index (χ3n) is 1.01. The number of aromatic nitrogens is 1. The second kappa shape index (κ2) is 5.41. The maximum atomic E-state index is 10.1. The van der Waals surface area contributed by atoms with Crippen molar-refractivity contribution in [3.63, 3.8) is 0 Å². The summed E-state index contributed by atoms with van der Waals surface area (Å²) in [5, 5.41) is 0. The van der Waals surface area contributed by atoms with Crippen molar-refractivity contribution >= 4 is 12.0 Å². The van der Waals surface area contributed by atoms with Crippen LogP contribution in [0.3, 0.4) is 0 Å². The number of nitrogens with two attached hydrogens (primary N) is 1. The van der Waals surface area contributed by atoms with Crippen LogP contribution in [0.25, 0.3) is 0 Å². The highest BCUT2D eigenvalue weighted by Crippen LogP contribution is 2.03. The lowest BCUT2D eigenvalue weighted by atomic mass is 10.2. The van der Waals surface area contributed by atoms with Gasteiger partial charge in [-0.25, -0.2) is 0 Å². The molecule has 0 aliphatic rings. The van der Waals surface area contributed by atoms with E-state index < -0.39 is 0 Å². The number of hydrogen-bond donors (Lipinski definition) is 1. The second-order valence-corrected chi connectivity index (χ2v) is 1.62. The molecule has 1 heterocycles. The van der Waals surface area contributed by atoms with Gasteiger partial charge in [0, 0.05) is 11.8 Å². The van der Waals surface area contributed by atoms with E-state index in [1.807, 2.05) is 13.8 Å². The van der Waals surface area contributed by atoms with E-state index in [0.29, 0.717) is 17.5 Å². The predicted molar refractivity (Wildman–Crippen MR) is 45.4 cm³/mol. The van der Waals surface area contributed by atoms with Crippen molar-refractivity contribution in [3.8, 4) is 0 Å². The fraction of sp³-hybridized carbons (Fsp3) is 0.250. The van der Waals surface area contributed by atoms with E-state index in [1.165, 1.54) is 12.4 Å². The molecule has 60 valence electrons. The molecule has 0 radical (unpaired) electrons. The molecule has 1 rings (SSSR count). The van der Waals surface area contributed by atoms with Gasteiger partial charge in [-0.05, 0) is 6.07 Å². The van der Waals surface area contributed by atoms with Gasteiger partial charge in [0.2, 0.25) is 0 Å². The molecule has 0 bridgehead atoms. The Bertz CT molecular complexity index is 223. The number of pyridine rings is 1. The standard InChI is InChI=1S/C6H6N2O.C2H6/c7-6-3-8-2-1-5(6)4-9;1-2/h1-4H,7H2;1-2H3. The summed E-state index contributed by atoms with van der Waals surface area (Å²) in [5.74, 6) is 0. The normalized spacial score (nSPS) is 7.82. The summed E-state index contributed by atoms with van der Waals surface area (Å²) in [7, 11) is 0. The first kappa shape index (κ1) is 9.62. The van der Waals surface area contributed by atoms with E-state index in [1.54, 1.807) is 6.07 Å². The summed E-state index contributed by atoms with van der Waals surface area (Å²) in [6.45, 7) is 4.00. The van der Waals surface area contributed by atoms with Crippen molar-refractivity contribution in [2.75, 3.05) is 5.73 Å². The summed E-state index contributed by atoms with van der Waals surface area (Å²) in [5.41, 5.74) is 6.25. The number of carbonyl (C=O) groups excluding carboxylic acids is 1. The Kier molecular flexibility index (Phi) is 4.73. The average molecular weight is 152 g/mol. The van der Waals surface area contributed by atoms with E-state index in [2.05, 4.69) is 4.98 Å². The minimum absolute atomic E-state index is 0.424. The highest BCUT2D eigenvalue weighted by Gasteiger charge is 1.91. The molecule has 2 N–H and O–H groups in total. The van der Waals surface area contributed by atoms with E-state index in [-0.39, 0.29) is 0 Å². The summed E-state index contributed by atoms with van der Waals surface area (Å²) in [4.78, 5) is 13.8. The lowest BCUT2D eigenvalue weighted by molar-refractivity contribution is 0.112. The first-order chi connectivity index (χ1) is 5.34. The summed E-state index contributed by atoms with van der Waals surface area (Å²) in [6.07, 6.45) is 3.68. The van der Waals surface area contributed by atoms with Crippen LogP contribution >= 0.6 is 0 Å². The van der Waals surface area contributed by atoms with E-state index in [4.69, 9.17) is 5.73 Å². The van der Waals surface area contributed by atoms with Crippen LogP contribution in [0.5, 0.6) is 0 Å². The number of nitrogens with zero attached hydrogens (tertiary/aromatic N) is 1. The molecule has 0 unspecified atom stereocenters. The van der Waals surface area contributed by atoms with E-state index in [9.17, 15) is 4.79 Å². The highest BCUT2D eigenvalue weighted by atomic mass is 16.1. The monoisotopic (exact) mass is 152 g/mol. The fourth-order valence-corrected chi connectivity index (χ4v) is 0.525. The number of carbonyl (C=O) groups is 1. The first-order valence-electron chi connectivity index (χ1n) is 3.49. The number of rotatable bonds is 1. The van der Waals surface area contributed by atoms with Crippen molar-refractivity contribution in [1.82, 2.24) is 4.98 Å². The van der Waals surface area contributed by atoms with Crippen LogP contribution < -0.4 is 5.73 Å². The Morgan fingerprint density at radius 1 is 1.55 bits per heavy atom. The van der Waals surface area contributed by atoms with Gasteiger partial charge >= 0.3 is 0 Å². The topological polar surface area (TPSA) is 56.0 Å². The van der Waals surface area contributed by atoms with Crippen LogP contribution in [-0.4, -0.2) is 11.3 Å². The van der Waals surface area contributed by atoms with Crippen LogP contribution in [0.15, 0.2) is 18.5 Å². The Labute approximate surface area is 66.3 Å². The summed E-state index contributed by atoms with van der Waals surface area (Å²) in [6, 6.07) is 1.57. The molecule has 0 atom stereocenters. The number of nitrogen functional groups attached to an aromatic ring is 1. The van der Waals surface area contributed by atoms with Gasteiger partial charge in [-0.1, -0.05) is 13.8 Å². The lowest BCUT2D eigenvalue weighted by Gasteiger charge is -1.92. The van der Waals surface area contributed by atoms with Gasteiger partial charge in [0.1, 0.15) is 0 Å². The number of hydrogen-bond acceptors (Lipinski definition) is 3. The minimum atomic E-state index is 0.424. The molecule has 0 aromatic carbocycles. The zero-order valence-electron chi connectivity index (χ0n) is 6.74. The molecule has 0 fully saturated rings. The van der Waals surface area contributed by atoms with Gasteiger partial charge in [0.15, 0.2) is 6.29 Å². The van der Waals surface area contributed by atoms with Gasteiger partial charge in [-0.15, -0.1) is 0 Å². The van der Waals surface area contributed by atoms with Gasteiger partial charge in [-0.3, -0.25) is 9.78 Å². The minimum Gasteiger partial charge on any atom is -0.397 e. The zero-order valence-corrected chi connectivity index (χ0v) is 6.74. The van der Waals surface area contributed by atoms with Crippen LogP contribution in [0.2, 0.25) is 0 Å². The van der Waals surface area contributed by atoms with Crippen LogP contribution in [0, 0.1) is 0 Å². The highest BCUT2D eigenvalue weighted by molar-refractivity contribution is 5.82. The SMILES string of the molecule is CC.Nc1cnccc1C=O. The van der Waals surface area contributed by atoms with E-state index in [0.717, 1.165) is 0 Å².